The molecule has 0 spiro atoms. The lowest BCUT2D eigenvalue weighted by Crippen LogP contribution is -2.37. The van der Waals surface area contributed by atoms with Crippen molar-refractivity contribution in [1.82, 2.24) is 4.90 Å². The Labute approximate surface area is 118 Å². The van der Waals surface area contributed by atoms with E-state index in [0.29, 0.717) is 23.9 Å². The van der Waals surface area contributed by atoms with Gasteiger partial charge in [-0.25, -0.2) is 4.79 Å². The number of rotatable bonds is 1. The van der Waals surface area contributed by atoms with E-state index in [4.69, 9.17) is 9.15 Å². The predicted molar refractivity (Wildman–Crippen MR) is 78.1 cm³/mol. The van der Waals surface area contributed by atoms with Gasteiger partial charge in [0, 0.05) is 23.5 Å². The number of nitrogens with zero attached hydrogens (tertiary/aromatic N) is 1. The highest BCUT2D eigenvalue weighted by molar-refractivity contribution is 5.85. The molecule has 0 N–H and O–H groups in total. The fourth-order valence-corrected chi connectivity index (χ4v) is 2.56. The van der Waals surface area contributed by atoms with E-state index in [1.807, 2.05) is 19.1 Å². The smallest absolute Gasteiger partial charge is 0.339 e. The molecule has 2 aromatic rings. The molecule has 3 rings (SSSR count). The molecule has 2 heterocycles. The van der Waals surface area contributed by atoms with Gasteiger partial charge >= 0.3 is 5.63 Å². The fraction of sp³-hybridized carbons (Fsp3) is 0.438. The van der Waals surface area contributed by atoms with Crippen LogP contribution in [0.3, 0.4) is 0 Å². The minimum Gasteiger partial charge on any atom is -0.478 e. The van der Waals surface area contributed by atoms with Crippen LogP contribution in [0.25, 0.3) is 11.0 Å². The van der Waals surface area contributed by atoms with Gasteiger partial charge in [0.15, 0.2) is 0 Å². The summed E-state index contributed by atoms with van der Waals surface area (Å²) in [5.41, 5.74) is 3.05. The molecule has 1 aliphatic rings. The van der Waals surface area contributed by atoms with Crippen molar-refractivity contribution in [3.63, 3.8) is 0 Å². The highest BCUT2D eigenvalue weighted by Gasteiger charge is 2.23. The number of aryl methyl sites for hydroxylation is 1. The number of fused-ring (bicyclic) bond motifs is 3. The monoisotopic (exact) mass is 273 g/mol. The van der Waals surface area contributed by atoms with Crippen molar-refractivity contribution in [3.8, 4) is 5.75 Å². The molecule has 0 atom stereocenters. The molecule has 1 aromatic carbocycles. The summed E-state index contributed by atoms with van der Waals surface area (Å²) < 4.78 is 11.3. The van der Waals surface area contributed by atoms with Crippen molar-refractivity contribution in [2.24, 2.45) is 0 Å². The van der Waals surface area contributed by atoms with Crippen molar-refractivity contribution in [3.05, 3.63) is 39.2 Å². The molecule has 0 fully saturated rings. The zero-order chi connectivity index (χ0) is 14.4. The third-order valence-electron chi connectivity index (χ3n) is 4.16. The van der Waals surface area contributed by atoms with Gasteiger partial charge in [-0.3, -0.25) is 4.90 Å². The molecule has 4 nitrogen and oxygen atoms in total. The molecule has 0 amide bonds. The van der Waals surface area contributed by atoms with Crippen molar-refractivity contribution < 1.29 is 9.15 Å². The molecule has 1 aliphatic heterocycles. The van der Waals surface area contributed by atoms with Gasteiger partial charge in [0.2, 0.25) is 0 Å². The minimum absolute atomic E-state index is 0.259. The first kappa shape index (κ1) is 13.2. The molecule has 0 bridgehead atoms. The molecular formula is C16H19NO3. The molecule has 0 unspecified atom stereocenters. The Morgan fingerprint density at radius 1 is 1.20 bits per heavy atom. The van der Waals surface area contributed by atoms with Crippen molar-refractivity contribution in [2.45, 2.75) is 40.3 Å². The van der Waals surface area contributed by atoms with Crippen LogP contribution < -0.4 is 10.4 Å². The summed E-state index contributed by atoms with van der Waals surface area (Å²) in [6, 6.07) is 4.34. The second-order valence-corrected chi connectivity index (χ2v) is 5.67. The van der Waals surface area contributed by atoms with Gasteiger partial charge in [-0.2, -0.15) is 0 Å². The van der Waals surface area contributed by atoms with E-state index >= 15 is 0 Å². The first-order valence-corrected chi connectivity index (χ1v) is 6.91. The number of ether oxygens (including phenoxy) is 1. The molecule has 0 saturated heterocycles. The quantitative estimate of drug-likeness (QED) is 0.749. The van der Waals surface area contributed by atoms with Crippen LogP contribution in [0.1, 0.15) is 30.5 Å². The van der Waals surface area contributed by atoms with Crippen LogP contribution >= 0.6 is 0 Å². The maximum Gasteiger partial charge on any atom is 0.339 e. The summed E-state index contributed by atoms with van der Waals surface area (Å²) in [6.07, 6.45) is 0. The average molecular weight is 273 g/mol. The maximum atomic E-state index is 11.9. The topological polar surface area (TPSA) is 42.7 Å². The van der Waals surface area contributed by atoms with E-state index in [9.17, 15) is 4.79 Å². The van der Waals surface area contributed by atoms with Gasteiger partial charge in [0.1, 0.15) is 18.1 Å². The van der Waals surface area contributed by atoms with E-state index in [0.717, 1.165) is 28.8 Å². The molecule has 0 radical (unpaired) electrons. The van der Waals surface area contributed by atoms with E-state index in [1.54, 1.807) is 6.92 Å². The van der Waals surface area contributed by atoms with E-state index < -0.39 is 0 Å². The highest BCUT2D eigenvalue weighted by Crippen LogP contribution is 2.33. The Hall–Kier alpha value is -1.81. The number of hydrogen-bond donors (Lipinski definition) is 0. The first-order chi connectivity index (χ1) is 9.49. The van der Waals surface area contributed by atoms with Gasteiger partial charge in [-0.1, -0.05) is 0 Å². The zero-order valence-electron chi connectivity index (χ0n) is 12.3. The summed E-state index contributed by atoms with van der Waals surface area (Å²) in [5.74, 6) is 0.820. The lowest BCUT2D eigenvalue weighted by atomic mass is 10.0. The van der Waals surface area contributed by atoms with Gasteiger partial charge < -0.3 is 9.15 Å². The summed E-state index contributed by atoms with van der Waals surface area (Å²) in [5, 5.41) is 0.995. The Balaban J connectivity index is 2.26. The minimum atomic E-state index is -0.259. The lowest BCUT2D eigenvalue weighted by molar-refractivity contribution is 0.0689. The molecule has 0 aliphatic carbocycles. The second-order valence-electron chi connectivity index (χ2n) is 5.67. The Morgan fingerprint density at radius 2 is 1.95 bits per heavy atom. The Bertz CT molecular complexity index is 731. The van der Waals surface area contributed by atoms with E-state index in [1.165, 1.54) is 0 Å². The van der Waals surface area contributed by atoms with Crippen molar-refractivity contribution in [2.75, 3.05) is 6.73 Å². The molecule has 20 heavy (non-hydrogen) atoms. The number of benzene rings is 1. The normalized spacial score (nSPS) is 15.4. The second kappa shape index (κ2) is 4.63. The Morgan fingerprint density at radius 3 is 2.65 bits per heavy atom. The largest absolute Gasteiger partial charge is 0.478 e. The summed E-state index contributed by atoms with van der Waals surface area (Å²) in [6.45, 7) is 9.35. The fourth-order valence-electron chi connectivity index (χ4n) is 2.56. The molecular weight excluding hydrogens is 254 g/mol. The van der Waals surface area contributed by atoms with Crippen LogP contribution in [0, 0.1) is 13.8 Å². The van der Waals surface area contributed by atoms with Gasteiger partial charge in [0.05, 0.1) is 5.56 Å². The van der Waals surface area contributed by atoms with Crippen LogP contribution in [-0.2, 0) is 6.54 Å². The van der Waals surface area contributed by atoms with Crippen LogP contribution in [0.4, 0.5) is 0 Å². The van der Waals surface area contributed by atoms with E-state index in [-0.39, 0.29) is 5.63 Å². The summed E-state index contributed by atoms with van der Waals surface area (Å²) in [7, 11) is 0. The van der Waals surface area contributed by atoms with Gasteiger partial charge in [-0.05, 0) is 45.4 Å². The SMILES string of the molecule is Cc1c(C)c2ccc3c(c2oc1=O)CN(C(C)C)CO3. The third-order valence-corrected chi connectivity index (χ3v) is 4.16. The third kappa shape index (κ3) is 1.91. The van der Waals surface area contributed by atoms with Gasteiger partial charge in [0.25, 0.3) is 0 Å². The van der Waals surface area contributed by atoms with Crippen LogP contribution in [0.5, 0.6) is 5.75 Å². The van der Waals surface area contributed by atoms with Crippen molar-refractivity contribution in [1.29, 1.82) is 0 Å². The number of hydrogen-bond acceptors (Lipinski definition) is 4. The standard InChI is InChI=1S/C16H19NO3/c1-9(2)17-7-13-14(19-8-17)6-5-12-10(3)11(4)16(18)20-15(12)13/h5-6,9H,7-8H2,1-4H3. The molecule has 0 saturated carbocycles. The predicted octanol–water partition coefficient (Wildman–Crippen LogP) is 2.97. The summed E-state index contributed by atoms with van der Waals surface area (Å²) in [4.78, 5) is 14.1. The van der Waals surface area contributed by atoms with Crippen molar-refractivity contribution >= 4 is 11.0 Å². The highest BCUT2D eigenvalue weighted by atomic mass is 16.5. The summed E-state index contributed by atoms with van der Waals surface area (Å²) >= 11 is 0. The van der Waals surface area contributed by atoms with Crippen LogP contribution in [0.2, 0.25) is 0 Å². The zero-order valence-corrected chi connectivity index (χ0v) is 12.3. The molecule has 4 heteroatoms. The van der Waals surface area contributed by atoms with Crippen LogP contribution in [0.15, 0.2) is 21.3 Å². The maximum absolute atomic E-state index is 11.9. The average Bonchev–Trinajstić information content (AvgIpc) is 2.44. The van der Waals surface area contributed by atoms with E-state index in [2.05, 4.69) is 18.7 Å². The Kier molecular flexibility index (Phi) is 3.05. The molecule has 106 valence electrons. The van der Waals surface area contributed by atoms with Crippen LogP contribution in [-0.4, -0.2) is 17.7 Å². The first-order valence-electron chi connectivity index (χ1n) is 6.91. The lowest BCUT2D eigenvalue weighted by Gasteiger charge is -2.32. The van der Waals surface area contributed by atoms with Gasteiger partial charge in [-0.15, -0.1) is 0 Å². The molecule has 1 aromatic heterocycles.